The maximum Gasteiger partial charge on any atom is 0.0186 e. The van der Waals surface area contributed by atoms with Gasteiger partial charge >= 0.3 is 0 Å². The average Bonchev–Trinajstić information content (AvgIpc) is 2.17. The van der Waals surface area contributed by atoms with E-state index in [1.807, 2.05) is 20.8 Å². The van der Waals surface area contributed by atoms with E-state index in [0.29, 0.717) is 5.92 Å². The van der Waals surface area contributed by atoms with E-state index in [0.717, 1.165) is 12.5 Å². The van der Waals surface area contributed by atoms with Crippen molar-refractivity contribution in [2.75, 3.05) is 20.1 Å². The Bertz CT molecular complexity index is 174. The van der Waals surface area contributed by atoms with Gasteiger partial charge in [-0.3, -0.25) is 0 Å². The van der Waals surface area contributed by atoms with Crippen LogP contribution in [0.4, 0.5) is 0 Å². The quantitative estimate of drug-likeness (QED) is 0.627. The van der Waals surface area contributed by atoms with Gasteiger partial charge in [-0.1, -0.05) is 34.6 Å². The summed E-state index contributed by atoms with van der Waals surface area (Å²) in [5.41, 5.74) is 0. The van der Waals surface area contributed by atoms with Crippen LogP contribution in [-0.2, 0) is 0 Å². The van der Waals surface area contributed by atoms with Crippen molar-refractivity contribution in [2.45, 2.75) is 48.0 Å². The lowest BCUT2D eigenvalue weighted by atomic mass is 10.1. The summed E-state index contributed by atoms with van der Waals surface area (Å²) in [6.45, 7) is 15.0. The lowest BCUT2D eigenvalue weighted by Gasteiger charge is -2.19. The lowest BCUT2D eigenvalue weighted by molar-refractivity contribution is 0.284. The number of hydrogen-bond acceptors (Lipinski definition) is 1. The molecule has 0 aliphatic carbocycles. The Morgan fingerprint density at radius 1 is 1.13 bits per heavy atom. The van der Waals surface area contributed by atoms with Gasteiger partial charge in [-0.05, 0) is 32.9 Å². The molecular formula is C14H29N. The van der Waals surface area contributed by atoms with Crippen LogP contribution < -0.4 is 0 Å². The molecule has 0 saturated heterocycles. The predicted molar refractivity (Wildman–Crippen MR) is 70.9 cm³/mol. The Morgan fingerprint density at radius 2 is 1.67 bits per heavy atom. The van der Waals surface area contributed by atoms with E-state index in [9.17, 15) is 0 Å². The molecule has 0 amide bonds. The van der Waals surface area contributed by atoms with E-state index in [1.165, 1.54) is 13.0 Å². The van der Waals surface area contributed by atoms with Crippen LogP contribution >= 0.6 is 0 Å². The summed E-state index contributed by atoms with van der Waals surface area (Å²) in [4.78, 5) is 2.39. The Morgan fingerprint density at radius 3 is 2.07 bits per heavy atom. The van der Waals surface area contributed by atoms with E-state index in [4.69, 9.17) is 0 Å². The highest BCUT2D eigenvalue weighted by Gasteiger charge is 2.03. The van der Waals surface area contributed by atoms with Gasteiger partial charge in [0.1, 0.15) is 0 Å². The maximum absolute atomic E-state index is 3.18. The topological polar surface area (TPSA) is 3.24 Å². The fourth-order valence-corrected chi connectivity index (χ4v) is 1.45. The van der Waals surface area contributed by atoms with Crippen LogP contribution in [0.2, 0.25) is 0 Å². The van der Waals surface area contributed by atoms with E-state index < -0.39 is 0 Å². The molecule has 0 bridgehead atoms. The largest absolute Gasteiger partial charge is 0.306 e. The zero-order valence-electron chi connectivity index (χ0n) is 11.7. The third-order valence-corrected chi connectivity index (χ3v) is 2.01. The Balaban J connectivity index is 0. The van der Waals surface area contributed by atoms with E-state index >= 15 is 0 Å². The van der Waals surface area contributed by atoms with Crippen molar-refractivity contribution in [2.24, 2.45) is 11.8 Å². The average molecular weight is 211 g/mol. The zero-order valence-corrected chi connectivity index (χ0v) is 11.7. The van der Waals surface area contributed by atoms with Crippen LogP contribution in [0.15, 0.2) is 0 Å². The Hall–Kier alpha value is -0.480. The normalized spacial score (nSPS) is 11.5. The molecule has 0 heterocycles. The smallest absolute Gasteiger partial charge is 0.0186 e. The molecule has 0 spiro atoms. The molecule has 0 aromatic carbocycles. The van der Waals surface area contributed by atoms with Crippen LogP contribution in [-0.4, -0.2) is 25.0 Å². The summed E-state index contributed by atoms with van der Waals surface area (Å²) in [5.74, 6) is 7.44. The minimum absolute atomic E-state index is 0.541. The SMILES string of the molecule is CC.CC#CC(C)CCN(C)CC(C)C. The standard InChI is InChI=1S/C12H23N.C2H6/c1-6-7-12(4)8-9-13(5)10-11(2)3;1-2/h11-12H,8-10H2,1-5H3;1-2H3. The highest BCUT2D eigenvalue weighted by atomic mass is 15.1. The second kappa shape index (κ2) is 11.6. The van der Waals surface area contributed by atoms with Crippen molar-refractivity contribution in [1.82, 2.24) is 4.90 Å². The third-order valence-electron chi connectivity index (χ3n) is 2.01. The number of hydrogen-bond donors (Lipinski definition) is 0. The van der Waals surface area contributed by atoms with Crippen LogP contribution in [0.1, 0.15) is 48.0 Å². The lowest BCUT2D eigenvalue weighted by Crippen LogP contribution is -2.25. The molecule has 1 nitrogen and oxygen atoms in total. The van der Waals surface area contributed by atoms with E-state index in [1.54, 1.807) is 0 Å². The monoisotopic (exact) mass is 211 g/mol. The molecule has 0 aliphatic heterocycles. The van der Waals surface area contributed by atoms with Crippen molar-refractivity contribution in [3.05, 3.63) is 0 Å². The maximum atomic E-state index is 3.18. The highest BCUT2D eigenvalue weighted by Crippen LogP contribution is 2.03. The second-order valence-electron chi connectivity index (χ2n) is 4.24. The summed E-state index contributed by atoms with van der Waals surface area (Å²) < 4.78 is 0. The molecule has 0 aliphatic rings. The van der Waals surface area contributed by atoms with Crippen LogP contribution in [0.3, 0.4) is 0 Å². The molecule has 0 aromatic heterocycles. The van der Waals surface area contributed by atoms with Gasteiger partial charge < -0.3 is 4.90 Å². The van der Waals surface area contributed by atoms with E-state index in [2.05, 4.69) is 44.6 Å². The third kappa shape index (κ3) is 13.5. The molecule has 0 rings (SSSR count). The molecule has 0 fully saturated rings. The summed E-state index contributed by atoms with van der Waals surface area (Å²) in [7, 11) is 2.19. The summed E-state index contributed by atoms with van der Waals surface area (Å²) >= 11 is 0. The summed E-state index contributed by atoms with van der Waals surface area (Å²) in [6, 6.07) is 0. The second-order valence-corrected chi connectivity index (χ2v) is 4.24. The molecule has 0 aromatic rings. The van der Waals surface area contributed by atoms with Gasteiger partial charge in [0.05, 0.1) is 0 Å². The molecule has 1 heteroatoms. The van der Waals surface area contributed by atoms with Gasteiger partial charge in [0.25, 0.3) is 0 Å². The molecule has 0 radical (unpaired) electrons. The molecule has 1 unspecified atom stereocenters. The fourth-order valence-electron chi connectivity index (χ4n) is 1.45. The first-order valence-electron chi connectivity index (χ1n) is 6.17. The minimum Gasteiger partial charge on any atom is -0.306 e. The van der Waals surface area contributed by atoms with Gasteiger partial charge in [-0.25, -0.2) is 0 Å². The van der Waals surface area contributed by atoms with Crippen LogP contribution in [0, 0.1) is 23.7 Å². The number of rotatable bonds is 5. The first-order valence-corrected chi connectivity index (χ1v) is 6.17. The molecule has 90 valence electrons. The van der Waals surface area contributed by atoms with Gasteiger partial charge in [0.15, 0.2) is 0 Å². The van der Waals surface area contributed by atoms with Crippen molar-refractivity contribution in [3.8, 4) is 11.8 Å². The first-order chi connectivity index (χ1) is 7.06. The molecule has 0 saturated carbocycles. The molecule has 1 atom stereocenters. The Kier molecular flexibility index (Phi) is 13.1. The summed E-state index contributed by atoms with van der Waals surface area (Å²) in [6.07, 6.45) is 1.18. The van der Waals surface area contributed by atoms with Gasteiger partial charge in [-0.15, -0.1) is 11.8 Å². The van der Waals surface area contributed by atoms with Crippen molar-refractivity contribution in [1.29, 1.82) is 0 Å². The highest BCUT2D eigenvalue weighted by molar-refractivity contribution is 4.99. The Labute approximate surface area is 97.2 Å². The number of nitrogens with zero attached hydrogens (tertiary/aromatic N) is 1. The first kappa shape index (κ1) is 16.9. The van der Waals surface area contributed by atoms with Crippen LogP contribution in [0.25, 0.3) is 0 Å². The zero-order chi connectivity index (χ0) is 12.3. The minimum atomic E-state index is 0.541. The molecule has 0 N–H and O–H groups in total. The van der Waals surface area contributed by atoms with Crippen LogP contribution in [0.5, 0.6) is 0 Å². The van der Waals surface area contributed by atoms with Crippen molar-refractivity contribution < 1.29 is 0 Å². The van der Waals surface area contributed by atoms with Gasteiger partial charge in [0, 0.05) is 12.5 Å². The summed E-state index contributed by atoms with van der Waals surface area (Å²) in [5, 5.41) is 0. The molecule has 15 heavy (non-hydrogen) atoms. The van der Waals surface area contributed by atoms with Gasteiger partial charge in [0.2, 0.25) is 0 Å². The van der Waals surface area contributed by atoms with Crippen molar-refractivity contribution >= 4 is 0 Å². The van der Waals surface area contributed by atoms with Crippen molar-refractivity contribution in [3.63, 3.8) is 0 Å². The van der Waals surface area contributed by atoms with Gasteiger partial charge in [-0.2, -0.15) is 0 Å². The van der Waals surface area contributed by atoms with E-state index in [-0.39, 0.29) is 0 Å². The fraction of sp³-hybridized carbons (Fsp3) is 0.857. The predicted octanol–water partition coefficient (Wildman–Crippen LogP) is 3.65. The molecular weight excluding hydrogens is 182 g/mol.